The van der Waals surface area contributed by atoms with E-state index in [1.54, 1.807) is 6.20 Å². The molecule has 1 aromatic carbocycles. The van der Waals surface area contributed by atoms with Gasteiger partial charge in [0.05, 0.1) is 18.2 Å². The van der Waals surface area contributed by atoms with Crippen molar-refractivity contribution in [1.29, 1.82) is 0 Å². The van der Waals surface area contributed by atoms with E-state index < -0.39 is 5.41 Å². The van der Waals surface area contributed by atoms with E-state index >= 15 is 0 Å². The zero-order chi connectivity index (χ0) is 29.0. The van der Waals surface area contributed by atoms with Crippen LogP contribution < -0.4 is 4.74 Å². The van der Waals surface area contributed by atoms with Gasteiger partial charge in [-0.15, -0.1) is 0 Å². The van der Waals surface area contributed by atoms with Crippen LogP contribution in [0.25, 0.3) is 0 Å². The van der Waals surface area contributed by atoms with Gasteiger partial charge in [0.1, 0.15) is 19.4 Å². The van der Waals surface area contributed by atoms with Crippen LogP contribution in [0.15, 0.2) is 41.5 Å². The molecule has 1 fully saturated rings. The van der Waals surface area contributed by atoms with Crippen molar-refractivity contribution in [3.63, 3.8) is 0 Å². The topological polar surface area (TPSA) is 71.6 Å². The molecule has 214 valence electrons. The minimum atomic E-state index is -0.591. The summed E-state index contributed by atoms with van der Waals surface area (Å²) in [5.41, 5.74) is 3.23. The first-order valence-corrected chi connectivity index (χ1v) is 14.8. The summed E-state index contributed by atoms with van der Waals surface area (Å²) in [5.74, 6) is 2.03. The highest BCUT2D eigenvalue weighted by Gasteiger charge is 2.35. The Hall–Kier alpha value is -3.15. The molecule has 40 heavy (non-hydrogen) atoms. The Bertz CT molecular complexity index is 1280. The predicted molar refractivity (Wildman–Crippen MR) is 161 cm³/mol. The molecular formula is C34H46N3O3+. The maximum Gasteiger partial charge on any atom is 0.216 e. The lowest BCUT2D eigenvalue weighted by Gasteiger charge is -2.28. The Kier molecular flexibility index (Phi) is 9.37. The number of ether oxygens (including phenoxy) is 1. The number of hydrogen-bond acceptors (Lipinski definition) is 5. The quantitative estimate of drug-likeness (QED) is 0.171. The Morgan fingerprint density at radius 2 is 1.88 bits per heavy atom. The highest BCUT2D eigenvalue weighted by atomic mass is 16.5. The van der Waals surface area contributed by atoms with Crippen molar-refractivity contribution in [3.8, 4) is 5.88 Å². The van der Waals surface area contributed by atoms with E-state index in [-0.39, 0.29) is 29.8 Å². The van der Waals surface area contributed by atoms with Crippen LogP contribution in [-0.2, 0) is 10.2 Å². The van der Waals surface area contributed by atoms with E-state index in [0.29, 0.717) is 24.1 Å². The highest BCUT2D eigenvalue weighted by Crippen LogP contribution is 2.39. The molecule has 1 aliphatic heterocycles. The largest absolute Gasteiger partial charge is 0.474 e. The summed E-state index contributed by atoms with van der Waals surface area (Å²) in [6.07, 6.45) is 9.97. The standard InChI is InChI=1S/C34H46N3O3/c1-22-12-13-26(40-33-24(3)31(14-15-36-33)34(5,6)21-38)18-23(2)29(22)19-32(39)28-11-9-8-10-27(28)30-20-37(7)17-16-35-25(30)4/h8-11,14-17,21-23,25-26,29-30H,12-13,18-20H2,1-7H3/q+1. The molecular weight excluding hydrogens is 498 g/mol. The summed E-state index contributed by atoms with van der Waals surface area (Å²) in [7, 11) is 2.06. The molecule has 1 saturated carbocycles. The molecule has 0 amide bonds. The summed E-state index contributed by atoms with van der Waals surface area (Å²) >= 11 is 0. The average molecular weight is 545 g/mol. The van der Waals surface area contributed by atoms with Crippen LogP contribution in [0.4, 0.5) is 0 Å². The summed E-state index contributed by atoms with van der Waals surface area (Å²) in [4.78, 5) is 34.8. The van der Waals surface area contributed by atoms with Gasteiger partial charge in [-0.2, -0.15) is 0 Å². The third-order valence-electron chi connectivity index (χ3n) is 9.26. The number of aliphatic imine (C=N–C) groups is 1. The Balaban J connectivity index is 1.50. The molecule has 6 unspecified atom stereocenters. The first-order valence-electron chi connectivity index (χ1n) is 14.8. The second kappa shape index (κ2) is 12.6. The van der Waals surface area contributed by atoms with E-state index in [2.05, 4.69) is 48.4 Å². The predicted octanol–water partition coefficient (Wildman–Crippen LogP) is 6.23. The van der Waals surface area contributed by atoms with Crippen molar-refractivity contribution in [3.05, 3.63) is 58.8 Å². The van der Waals surface area contributed by atoms with E-state index in [0.717, 1.165) is 54.3 Å². The van der Waals surface area contributed by atoms with E-state index in [1.165, 1.54) is 0 Å². The van der Waals surface area contributed by atoms with Crippen LogP contribution in [-0.4, -0.2) is 59.8 Å². The number of Topliss-reactive ketones (excluding diaryl/α,β-unsaturated/α-hetero) is 1. The fourth-order valence-corrected chi connectivity index (χ4v) is 6.67. The van der Waals surface area contributed by atoms with Gasteiger partial charge in [-0.3, -0.25) is 9.79 Å². The normalized spacial score (nSPS) is 27.3. The van der Waals surface area contributed by atoms with E-state index in [1.807, 2.05) is 57.5 Å². The van der Waals surface area contributed by atoms with Gasteiger partial charge in [0.2, 0.25) is 5.88 Å². The van der Waals surface area contributed by atoms with Crippen molar-refractivity contribution in [2.24, 2.45) is 22.7 Å². The third kappa shape index (κ3) is 6.59. The number of likely N-dealkylation sites (N-methyl/N-ethyl adjacent to an activating group) is 1. The molecule has 2 aliphatic rings. The van der Waals surface area contributed by atoms with Crippen molar-refractivity contribution < 1.29 is 18.9 Å². The number of rotatable bonds is 8. The lowest BCUT2D eigenvalue weighted by molar-refractivity contribution is -0.494. The molecule has 6 nitrogen and oxygen atoms in total. The molecule has 0 saturated heterocycles. The minimum Gasteiger partial charge on any atom is -0.474 e. The lowest BCUT2D eigenvalue weighted by Crippen LogP contribution is -2.27. The van der Waals surface area contributed by atoms with Gasteiger partial charge in [-0.05, 0) is 81.9 Å². The molecule has 0 N–H and O–H groups in total. The van der Waals surface area contributed by atoms with Gasteiger partial charge in [-0.1, -0.05) is 38.1 Å². The zero-order valence-electron chi connectivity index (χ0n) is 25.3. The molecule has 6 heteroatoms. The number of benzene rings is 1. The summed E-state index contributed by atoms with van der Waals surface area (Å²) in [6, 6.07) is 10.2. The number of pyridine rings is 1. The van der Waals surface area contributed by atoms with Gasteiger partial charge in [0.25, 0.3) is 0 Å². The number of aldehydes is 1. The molecule has 6 atom stereocenters. The fourth-order valence-electron chi connectivity index (χ4n) is 6.67. The van der Waals surface area contributed by atoms with Crippen LogP contribution >= 0.6 is 0 Å². The van der Waals surface area contributed by atoms with Crippen LogP contribution in [0.1, 0.15) is 93.3 Å². The van der Waals surface area contributed by atoms with Crippen molar-refractivity contribution in [2.45, 2.75) is 90.7 Å². The number of hydrogen-bond donors (Lipinski definition) is 0. The number of carbonyl (C=O) groups excluding carboxylic acids is 2. The number of ketones is 1. The zero-order valence-corrected chi connectivity index (χ0v) is 25.3. The van der Waals surface area contributed by atoms with E-state index in [4.69, 9.17) is 4.74 Å². The molecule has 4 rings (SSSR count). The number of nitrogens with zero attached hydrogens (tertiary/aromatic N) is 3. The van der Waals surface area contributed by atoms with Gasteiger partial charge in [-0.25, -0.2) is 9.56 Å². The summed E-state index contributed by atoms with van der Waals surface area (Å²) < 4.78 is 8.66. The van der Waals surface area contributed by atoms with Gasteiger partial charge >= 0.3 is 0 Å². The molecule has 0 bridgehead atoms. The lowest BCUT2D eigenvalue weighted by atomic mass is 9.77. The summed E-state index contributed by atoms with van der Waals surface area (Å²) in [6.45, 7) is 13.3. The highest BCUT2D eigenvalue weighted by molar-refractivity contribution is 6.13. The summed E-state index contributed by atoms with van der Waals surface area (Å²) in [5, 5.41) is 0. The van der Waals surface area contributed by atoms with Gasteiger partial charge < -0.3 is 9.53 Å². The van der Waals surface area contributed by atoms with Crippen molar-refractivity contribution in [1.82, 2.24) is 4.98 Å². The van der Waals surface area contributed by atoms with Gasteiger partial charge in [0, 0.05) is 29.2 Å². The number of aromatic nitrogens is 1. The molecule has 1 aromatic heterocycles. The first-order chi connectivity index (χ1) is 19.0. The molecule has 2 aromatic rings. The molecule has 1 aliphatic carbocycles. The second-order valence-corrected chi connectivity index (χ2v) is 12.7. The minimum absolute atomic E-state index is 0.0297. The molecule has 2 heterocycles. The fraction of sp³-hybridized carbons (Fsp3) is 0.559. The van der Waals surface area contributed by atoms with Crippen molar-refractivity contribution >= 4 is 24.5 Å². The van der Waals surface area contributed by atoms with Crippen LogP contribution in [0.3, 0.4) is 0 Å². The molecule has 0 spiro atoms. The second-order valence-electron chi connectivity index (χ2n) is 12.7. The Morgan fingerprint density at radius 1 is 1.12 bits per heavy atom. The maximum atomic E-state index is 13.9. The first kappa shape index (κ1) is 29.8. The Morgan fingerprint density at radius 3 is 2.62 bits per heavy atom. The number of carbonyl (C=O) groups is 2. The maximum absolute atomic E-state index is 13.9. The smallest absolute Gasteiger partial charge is 0.216 e. The van der Waals surface area contributed by atoms with Crippen LogP contribution in [0.2, 0.25) is 0 Å². The van der Waals surface area contributed by atoms with Gasteiger partial charge in [0.15, 0.2) is 18.5 Å². The monoisotopic (exact) mass is 544 g/mol. The third-order valence-corrected chi connectivity index (χ3v) is 9.26. The van der Waals surface area contributed by atoms with Crippen molar-refractivity contribution in [2.75, 3.05) is 13.6 Å². The van der Waals surface area contributed by atoms with Crippen LogP contribution in [0.5, 0.6) is 5.88 Å². The molecule has 0 radical (unpaired) electrons. The van der Waals surface area contributed by atoms with Crippen LogP contribution in [0, 0.1) is 24.7 Å². The Labute approximate surface area is 240 Å². The van der Waals surface area contributed by atoms with E-state index in [9.17, 15) is 9.59 Å². The average Bonchev–Trinajstić information content (AvgIpc) is 3.17. The SMILES string of the molecule is Cc1c(C(C)(C)C=O)ccnc1OC1CCC(C)C(CC(=O)c2ccccc2C2C[N+](C)=CC=NC2C)C(C)C1.